The summed E-state index contributed by atoms with van der Waals surface area (Å²) in [6.45, 7) is 5.37. The standard InChI is InChI=1S/C25H27NO5/c1-4-5-12-30-18-8-6-7-17(15-18)22-21-23(27)19-14-16(2)9-10-20(19)31-24(21)25(28)26(22)11-13-29-3/h6-10,14-15,22H,4-5,11-13H2,1-3H3/t22-/m0/s1. The van der Waals surface area contributed by atoms with E-state index in [0.717, 1.165) is 29.7 Å². The molecule has 0 radical (unpaired) electrons. The average molecular weight is 421 g/mol. The number of methoxy groups -OCH3 is 1. The number of hydrogen-bond acceptors (Lipinski definition) is 5. The minimum atomic E-state index is -0.548. The zero-order chi connectivity index (χ0) is 22.0. The summed E-state index contributed by atoms with van der Waals surface area (Å²) in [7, 11) is 1.59. The number of benzene rings is 2. The van der Waals surface area contributed by atoms with Crippen molar-refractivity contribution in [1.82, 2.24) is 4.90 Å². The van der Waals surface area contributed by atoms with Gasteiger partial charge < -0.3 is 18.8 Å². The number of unbranched alkanes of at least 4 members (excludes halogenated alkanes) is 1. The van der Waals surface area contributed by atoms with E-state index >= 15 is 0 Å². The number of carbonyl (C=O) groups excluding carboxylic acids is 1. The largest absolute Gasteiger partial charge is 0.494 e. The van der Waals surface area contributed by atoms with E-state index in [-0.39, 0.29) is 17.1 Å². The van der Waals surface area contributed by atoms with Crippen molar-refractivity contribution in [3.8, 4) is 5.75 Å². The maximum atomic E-state index is 13.5. The lowest BCUT2D eigenvalue weighted by Gasteiger charge is -2.25. The minimum Gasteiger partial charge on any atom is -0.494 e. The van der Waals surface area contributed by atoms with Gasteiger partial charge in [-0.1, -0.05) is 37.1 Å². The molecule has 31 heavy (non-hydrogen) atoms. The lowest BCUT2D eigenvalue weighted by molar-refractivity contribution is 0.0663. The third-order valence-electron chi connectivity index (χ3n) is 5.60. The number of hydrogen-bond donors (Lipinski definition) is 0. The highest BCUT2D eigenvalue weighted by molar-refractivity contribution is 5.99. The number of aryl methyl sites for hydroxylation is 1. The molecule has 1 aromatic heterocycles. The summed E-state index contributed by atoms with van der Waals surface area (Å²) in [5.41, 5.74) is 2.41. The van der Waals surface area contributed by atoms with Gasteiger partial charge in [0.2, 0.25) is 5.76 Å². The van der Waals surface area contributed by atoms with E-state index in [1.54, 1.807) is 18.1 Å². The molecule has 0 spiro atoms. The van der Waals surface area contributed by atoms with Gasteiger partial charge in [0, 0.05) is 13.7 Å². The highest BCUT2D eigenvalue weighted by atomic mass is 16.5. The Hall–Kier alpha value is -3.12. The molecule has 0 saturated heterocycles. The van der Waals surface area contributed by atoms with Gasteiger partial charge in [-0.2, -0.15) is 0 Å². The fraction of sp³-hybridized carbons (Fsp3) is 0.360. The normalized spacial score (nSPS) is 15.5. The van der Waals surface area contributed by atoms with Crippen LogP contribution in [0.4, 0.5) is 0 Å². The van der Waals surface area contributed by atoms with E-state index in [0.29, 0.717) is 36.3 Å². The Bertz CT molecular complexity index is 1170. The molecule has 0 N–H and O–H groups in total. The van der Waals surface area contributed by atoms with E-state index < -0.39 is 6.04 Å². The number of ether oxygens (including phenoxy) is 2. The van der Waals surface area contributed by atoms with Crippen LogP contribution in [0.1, 0.15) is 53.1 Å². The van der Waals surface area contributed by atoms with Crippen LogP contribution >= 0.6 is 0 Å². The van der Waals surface area contributed by atoms with Gasteiger partial charge in [-0.05, 0) is 43.2 Å². The smallest absolute Gasteiger partial charge is 0.290 e. The quantitative estimate of drug-likeness (QED) is 0.502. The molecular weight excluding hydrogens is 394 g/mol. The zero-order valence-electron chi connectivity index (χ0n) is 18.1. The molecule has 162 valence electrons. The summed E-state index contributed by atoms with van der Waals surface area (Å²) in [5.74, 6) is 0.535. The molecule has 1 aliphatic heterocycles. The summed E-state index contributed by atoms with van der Waals surface area (Å²) in [5, 5.41) is 0.487. The van der Waals surface area contributed by atoms with Crippen LogP contribution in [-0.2, 0) is 4.74 Å². The van der Waals surface area contributed by atoms with E-state index in [2.05, 4.69) is 6.92 Å². The molecular formula is C25H27NO5. The van der Waals surface area contributed by atoms with Crippen molar-refractivity contribution >= 4 is 16.9 Å². The van der Waals surface area contributed by atoms with Crippen LogP contribution in [0.25, 0.3) is 11.0 Å². The first kappa shape index (κ1) is 21.1. The van der Waals surface area contributed by atoms with Crippen molar-refractivity contribution in [3.63, 3.8) is 0 Å². The van der Waals surface area contributed by atoms with Gasteiger partial charge in [-0.15, -0.1) is 0 Å². The summed E-state index contributed by atoms with van der Waals surface area (Å²) >= 11 is 0. The van der Waals surface area contributed by atoms with Crippen LogP contribution in [0.15, 0.2) is 51.7 Å². The number of carbonyl (C=O) groups is 1. The van der Waals surface area contributed by atoms with Crippen LogP contribution in [0.3, 0.4) is 0 Å². The lowest BCUT2D eigenvalue weighted by atomic mass is 9.98. The zero-order valence-corrected chi connectivity index (χ0v) is 18.1. The highest BCUT2D eigenvalue weighted by Gasteiger charge is 2.42. The topological polar surface area (TPSA) is 69.0 Å². The second-order valence-corrected chi connectivity index (χ2v) is 7.84. The fourth-order valence-electron chi connectivity index (χ4n) is 4.01. The molecule has 1 atom stereocenters. The van der Waals surface area contributed by atoms with Gasteiger partial charge in [-0.25, -0.2) is 0 Å². The Morgan fingerprint density at radius 1 is 1.10 bits per heavy atom. The van der Waals surface area contributed by atoms with Gasteiger partial charge in [0.1, 0.15) is 11.3 Å². The maximum absolute atomic E-state index is 13.5. The molecule has 1 aliphatic rings. The number of rotatable bonds is 8. The van der Waals surface area contributed by atoms with Gasteiger partial charge in [0.05, 0.1) is 30.2 Å². The van der Waals surface area contributed by atoms with Crippen LogP contribution in [0, 0.1) is 6.92 Å². The highest BCUT2D eigenvalue weighted by Crippen LogP contribution is 2.38. The summed E-state index contributed by atoms with van der Waals surface area (Å²) < 4.78 is 17.0. The molecule has 1 amide bonds. The van der Waals surface area contributed by atoms with Crippen molar-refractivity contribution < 1.29 is 18.7 Å². The van der Waals surface area contributed by atoms with E-state index in [4.69, 9.17) is 13.9 Å². The van der Waals surface area contributed by atoms with E-state index in [1.807, 2.05) is 43.3 Å². The molecule has 0 unspecified atom stereocenters. The third-order valence-corrected chi connectivity index (χ3v) is 5.60. The van der Waals surface area contributed by atoms with Crippen molar-refractivity contribution in [1.29, 1.82) is 0 Å². The van der Waals surface area contributed by atoms with Gasteiger partial charge in [0.15, 0.2) is 5.43 Å². The Morgan fingerprint density at radius 3 is 2.71 bits per heavy atom. The summed E-state index contributed by atoms with van der Waals surface area (Å²) in [6, 6.07) is 12.5. The monoisotopic (exact) mass is 421 g/mol. The van der Waals surface area contributed by atoms with Gasteiger partial charge in [0.25, 0.3) is 5.91 Å². The predicted octanol–water partition coefficient (Wildman–Crippen LogP) is 4.47. The number of fused-ring (bicyclic) bond motifs is 2. The first-order chi connectivity index (χ1) is 15.0. The number of amides is 1. The van der Waals surface area contributed by atoms with Crippen LogP contribution in [-0.4, -0.2) is 37.7 Å². The second kappa shape index (κ2) is 8.94. The van der Waals surface area contributed by atoms with Crippen molar-refractivity contribution in [3.05, 3.63) is 75.1 Å². The summed E-state index contributed by atoms with van der Waals surface area (Å²) in [6.07, 6.45) is 2.01. The van der Waals surface area contributed by atoms with E-state index in [9.17, 15) is 9.59 Å². The Morgan fingerprint density at radius 2 is 1.94 bits per heavy atom. The molecule has 4 rings (SSSR count). The molecule has 0 aliphatic carbocycles. The van der Waals surface area contributed by atoms with E-state index in [1.165, 1.54) is 0 Å². The molecule has 6 heteroatoms. The van der Waals surface area contributed by atoms with Crippen LogP contribution in [0.5, 0.6) is 5.75 Å². The molecule has 0 saturated carbocycles. The van der Waals surface area contributed by atoms with Crippen molar-refractivity contribution in [2.24, 2.45) is 0 Å². The van der Waals surface area contributed by atoms with Gasteiger partial charge >= 0.3 is 0 Å². The fourth-order valence-corrected chi connectivity index (χ4v) is 4.01. The van der Waals surface area contributed by atoms with Gasteiger partial charge in [-0.3, -0.25) is 9.59 Å². The Balaban J connectivity index is 1.85. The average Bonchev–Trinajstić information content (AvgIpc) is 3.05. The number of nitrogens with zero attached hydrogens (tertiary/aromatic N) is 1. The SMILES string of the molecule is CCCCOc1cccc([C@H]2c3c(oc4ccc(C)cc4c3=O)C(=O)N2CCOC)c1. The van der Waals surface area contributed by atoms with Crippen molar-refractivity contribution in [2.45, 2.75) is 32.7 Å². The minimum absolute atomic E-state index is 0.111. The molecule has 2 heterocycles. The maximum Gasteiger partial charge on any atom is 0.290 e. The Labute approximate surface area is 181 Å². The molecule has 3 aromatic rings. The molecule has 0 fully saturated rings. The van der Waals surface area contributed by atoms with Crippen molar-refractivity contribution in [2.75, 3.05) is 26.9 Å². The van der Waals surface area contributed by atoms with Crippen LogP contribution in [0.2, 0.25) is 0 Å². The molecule has 6 nitrogen and oxygen atoms in total. The first-order valence-electron chi connectivity index (χ1n) is 10.6. The lowest BCUT2D eigenvalue weighted by Crippen LogP contribution is -2.32. The predicted molar refractivity (Wildman–Crippen MR) is 119 cm³/mol. The third kappa shape index (κ3) is 3.95. The molecule has 2 aromatic carbocycles. The Kier molecular flexibility index (Phi) is 6.09. The summed E-state index contributed by atoms with van der Waals surface area (Å²) in [4.78, 5) is 28.4. The first-order valence-corrected chi connectivity index (χ1v) is 10.6. The second-order valence-electron chi connectivity index (χ2n) is 7.84. The van der Waals surface area contributed by atoms with Crippen LogP contribution < -0.4 is 10.2 Å². The molecule has 0 bridgehead atoms.